The molecule has 1 unspecified atom stereocenters. The zero-order valence-electron chi connectivity index (χ0n) is 12.1. The van der Waals surface area contributed by atoms with Crippen molar-refractivity contribution in [2.45, 2.75) is 32.4 Å². The smallest absolute Gasteiger partial charge is 0.175 e. The Morgan fingerprint density at radius 1 is 1.43 bits per heavy atom. The quantitative estimate of drug-likeness (QED) is 0.805. The first-order valence-electron chi connectivity index (χ1n) is 6.75. The van der Waals surface area contributed by atoms with E-state index in [1.165, 1.54) is 0 Å². The number of benzene rings is 1. The van der Waals surface area contributed by atoms with Crippen molar-refractivity contribution >= 4 is 27.3 Å². The number of ether oxygens (including phenoxy) is 2. The molecule has 1 atom stereocenters. The van der Waals surface area contributed by atoms with Crippen molar-refractivity contribution < 1.29 is 9.47 Å². The third kappa shape index (κ3) is 4.43. The topological polar surface area (TPSA) is 57.4 Å². The summed E-state index contributed by atoms with van der Waals surface area (Å²) >= 11 is 5.10. The standard InChI is InChI=1S/C15H19BrN2O2S/c1-3-11(17)4-10-5-13(16)15(14(6-10)19-2)20-7-12-8-21-9-18-12/h5-6,8-9,11H,3-4,7,17H2,1-2H3. The Labute approximate surface area is 137 Å². The molecule has 0 saturated heterocycles. The maximum atomic E-state index is 6.01. The Balaban J connectivity index is 2.16. The Kier molecular flexibility index (Phi) is 6.02. The first kappa shape index (κ1) is 16.3. The summed E-state index contributed by atoms with van der Waals surface area (Å²) in [4.78, 5) is 4.21. The summed E-state index contributed by atoms with van der Waals surface area (Å²) in [6, 6.07) is 4.17. The average Bonchev–Trinajstić information content (AvgIpc) is 2.98. The van der Waals surface area contributed by atoms with E-state index in [1.807, 2.05) is 17.5 Å². The molecule has 0 spiro atoms. The molecule has 0 aliphatic carbocycles. The number of thiazole rings is 1. The van der Waals surface area contributed by atoms with Gasteiger partial charge >= 0.3 is 0 Å². The number of hydrogen-bond donors (Lipinski definition) is 1. The van der Waals surface area contributed by atoms with Crippen molar-refractivity contribution in [1.29, 1.82) is 0 Å². The Bertz CT molecular complexity index is 575. The Hall–Kier alpha value is -1.11. The summed E-state index contributed by atoms with van der Waals surface area (Å²) in [5.74, 6) is 1.40. The van der Waals surface area contributed by atoms with Crippen LogP contribution in [-0.4, -0.2) is 18.1 Å². The van der Waals surface area contributed by atoms with Gasteiger partial charge in [-0.05, 0) is 46.5 Å². The largest absolute Gasteiger partial charge is 0.493 e. The van der Waals surface area contributed by atoms with Gasteiger partial charge in [0.05, 0.1) is 22.8 Å². The number of hydrogen-bond acceptors (Lipinski definition) is 5. The van der Waals surface area contributed by atoms with Crippen molar-refractivity contribution in [2.24, 2.45) is 5.73 Å². The maximum absolute atomic E-state index is 6.01. The molecule has 0 fully saturated rings. The molecule has 1 heterocycles. The lowest BCUT2D eigenvalue weighted by Crippen LogP contribution is -2.21. The Morgan fingerprint density at radius 2 is 2.24 bits per heavy atom. The van der Waals surface area contributed by atoms with Crippen LogP contribution in [0.5, 0.6) is 11.5 Å². The van der Waals surface area contributed by atoms with E-state index in [0.717, 1.165) is 28.6 Å². The minimum Gasteiger partial charge on any atom is -0.493 e. The van der Waals surface area contributed by atoms with Crippen molar-refractivity contribution in [1.82, 2.24) is 4.98 Å². The van der Waals surface area contributed by atoms with Gasteiger partial charge in [0.1, 0.15) is 6.61 Å². The fourth-order valence-corrected chi connectivity index (χ4v) is 3.08. The van der Waals surface area contributed by atoms with E-state index in [9.17, 15) is 0 Å². The molecule has 1 aromatic carbocycles. The van der Waals surface area contributed by atoms with E-state index in [2.05, 4.69) is 27.8 Å². The van der Waals surface area contributed by atoms with Gasteiger partial charge in [-0.25, -0.2) is 4.98 Å². The molecule has 2 aromatic rings. The molecule has 2 rings (SSSR count). The monoisotopic (exact) mass is 370 g/mol. The molecule has 0 saturated carbocycles. The van der Waals surface area contributed by atoms with Gasteiger partial charge in [0.25, 0.3) is 0 Å². The fourth-order valence-electron chi connectivity index (χ4n) is 1.93. The van der Waals surface area contributed by atoms with Gasteiger partial charge in [-0.15, -0.1) is 11.3 Å². The van der Waals surface area contributed by atoms with Crippen molar-refractivity contribution in [3.63, 3.8) is 0 Å². The number of halogens is 1. The van der Waals surface area contributed by atoms with Crippen LogP contribution in [0.3, 0.4) is 0 Å². The van der Waals surface area contributed by atoms with Crippen LogP contribution in [0.4, 0.5) is 0 Å². The van der Waals surface area contributed by atoms with Crippen LogP contribution in [0.2, 0.25) is 0 Å². The van der Waals surface area contributed by atoms with E-state index in [1.54, 1.807) is 24.0 Å². The second-order valence-corrected chi connectivity index (χ2v) is 6.32. The number of nitrogens with zero attached hydrogens (tertiary/aromatic N) is 1. The van der Waals surface area contributed by atoms with Crippen LogP contribution in [0.1, 0.15) is 24.6 Å². The second-order valence-electron chi connectivity index (χ2n) is 4.75. The lowest BCUT2D eigenvalue weighted by Gasteiger charge is -2.15. The number of rotatable bonds is 7. The van der Waals surface area contributed by atoms with Crippen molar-refractivity contribution in [2.75, 3.05) is 7.11 Å². The predicted molar refractivity (Wildman–Crippen MR) is 89.1 cm³/mol. The molecule has 114 valence electrons. The minimum atomic E-state index is 0.156. The third-order valence-electron chi connectivity index (χ3n) is 3.16. The van der Waals surface area contributed by atoms with E-state index < -0.39 is 0 Å². The van der Waals surface area contributed by atoms with Gasteiger partial charge in [0.2, 0.25) is 0 Å². The van der Waals surface area contributed by atoms with E-state index in [0.29, 0.717) is 18.1 Å². The molecule has 0 radical (unpaired) electrons. The first-order valence-corrected chi connectivity index (χ1v) is 8.49. The van der Waals surface area contributed by atoms with Gasteiger partial charge in [-0.3, -0.25) is 0 Å². The number of nitrogens with two attached hydrogens (primary N) is 1. The summed E-state index contributed by atoms with van der Waals surface area (Å²) in [5, 5.41) is 1.97. The molecule has 6 heteroatoms. The van der Waals surface area contributed by atoms with Gasteiger partial charge in [0.15, 0.2) is 11.5 Å². The first-order chi connectivity index (χ1) is 10.1. The second kappa shape index (κ2) is 7.77. The lowest BCUT2D eigenvalue weighted by molar-refractivity contribution is 0.279. The highest BCUT2D eigenvalue weighted by Crippen LogP contribution is 2.37. The zero-order chi connectivity index (χ0) is 15.2. The summed E-state index contributed by atoms with van der Waals surface area (Å²) < 4.78 is 12.1. The Morgan fingerprint density at radius 3 is 2.86 bits per heavy atom. The van der Waals surface area contributed by atoms with Gasteiger partial charge in [-0.1, -0.05) is 6.92 Å². The average molecular weight is 371 g/mol. The number of methoxy groups -OCH3 is 1. The highest BCUT2D eigenvalue weighted by Gasteiger charge is 2.13. The lowest BCUT2D eigenvalue weighted by atomic mass is 10.0. The molecule has 0 amide bonds. The summed E-state index contributed by atoms with van der Waals surface area (Å²) in [7, 11) is 1.64. The normalized spacial score (nSPS) is 12.2. The SMILES string of the molecule is CCC(N)Cc1cc(Br)c(OCc2cscn2)c(OC)c1. The molecule has 0 aliphatic heterocycles. The van der Waals surface area contributed by atoms with Crippen LogP contribution in [0.15, 0.2) is 27.5 Å². The molecule has 0 bridgehead atoms. The van der Waals surface area contributed by atoms with E-state index in [4.69, 9.17) is 15.2 Å². The molecule has 0 aliphatic rings. The fraction of sp³-hybridized carbons (Fsp3) is 0.400. The zero-order valence-corrected chi connectivity index (χ0v) is 14.5. The maximum Gasteiger partial charge on any atom is 0.175 e. The van der Waals surface area contributed by atoms with Crippen LogP contribution >= 0.6 is 27.3 Å². The minimum absolute atomic E-state index is 0.156. The van der Waals surface area contributed by atoms with Crippen LogP contribution < -0.4 is 15.2 Å². The van der Waals surface area contributed by atoms with Gasteiger partial charge in [-0.2, -0.15) is 0 Å². The van der Waals surface area contributed by atoms with Crippen LogP contribution in [0.25, 0.3) is 0 Å². The summed E-state index contributed by atoms with van der Waals surface area (Å²) in [6.45, 7) is 2.51. The van der Waals surface area contributed by atoms with Crippen LogP contribution in [-0.2, 0) is 13.0 Å². The highest BCUT2D eigenvalue weighted by molar-refractivity contribution is 9.10. The van der Waals surface area contributed by atoms with Gasteiger partial charge < -0.3 is 15.2 Å². The molecule has 2 N–H and O–H groups in total. The van der Waals surface area contributed by atoms with Gasteiger partial charge in [0, 0.05) is 11.4 Å². The summed E-state index contributed by atoms with van der Waals surface area (Å²) in [6.07, 6.45) is 1.76. The predicted octanol–water partition coefficient (Wildman–Crippen LogP) is 3.77. The van der Waals surface area contributed by atoms with E-state index in [-0.39, 0.29) is 6.04 Å². The molecular weight excluding hydrogens is 352 g/mol. The molecular formula is C15H19BrN2O2S. The highest BCUT2D eigenvalue weighted by atomic mass is 79.9. The van der Waals surface area contributed by atoms with E-state index >= 15 is 0 Å². The molecule has 1 aromatic heterocycles. The summed E-state index contributed by atoms with van der Waals surface area (Å²) in [5.41, 5.74) is 9.85. The van der Waals surface area contributed by atoms with Crippen LogP contribution in [0, 0.1) is 0 Å². The van der Waals surface area contributed by atoms with Crippen molar-refractivity contribution in [3.8, 4) is 11.5 Å². The molecule has 4 nitrogen and oxygen atoms in total. The number of aromatic nitrogens is 1. The third-order valence-corrected chi connectivity index (χ3v) is 4.38. The molecule has 21 heavy (non-hydrogen) atoms. The van der Waals surface area contributed by atoms with Crippen molar-refractivity contribution in [3.05, 3.63) is 38.8 Å².